The van der Waals surface area contributed by atoms with Gasteiger partial charge in [0.25, 0.3) is 0 Å². The van der Waals surface area contributed by atoms with Gasteiger partial charge in [0.15, 0.2) is 0 Å². The Hall–Kier alpha value is -0.960. The van der Waals surface area contributed by atoms with Gasteiger partial charge in [-0.3, -0.25) is 0 Å². The lowest BCUT2D eigenvalue weighted by Gasteiger charge is -2.25. The Morgan fingerprint density at radius 3 is 2.67 bits per heavy atom. The van der Waals surface area contributed by atoms with E-state index in [1.165, 1.54) is 18.6 Å². The highest BCUT2D eigenvalue weighted by atomic mass is 32.2. The predicted octanol–water partition coefficient (Wildman–Crippen LogP) is 1.61. The standard InChI is InChI=1S/C13H21NO5S2/c1-9(2)7-13(3,16)8-14-21(17,18)10-5-6-20-11(10)12(15)19-4/h5-6,9,14,16H,7-8H2,1-4H3. The number of thiophene rings is 1. The molecule has 1 aromatic rings. The Kier molecular flexibility index (Phi) is 5.92. The Morgan fingerprint density at radius 2 is 2.14 bits per heavy atom. The first-order valence-corrected chi connectivity index (χ1v) is 8.83. The number of aliphatic hydroxyl groups is 1. The first-order chi connectivity index (χ1) is 9.59. The highest BCUT2D eigenvalue weighted by molar-refractivity contribution is 7.89. The van der Waals surface area contributed by atoms with Gasteiger partial charge in [-0.2, -0.15) is 0 Å². The predicted molar refractivity (Wildman–Crippen MR) is 80.9 cm³/mol. The summed E-state index contributed by atoms with van der Waals surface area (Å²) in [7, 11) is -2.68. The number of hydrogen-bond acceptors (Lipinski definition) is 6. The number of rotatable bonds is 7. The van der Waals surface area contributed by atoms with Crippen molar-refractivity contribution >= 4 is 27.3 Å². The van der Waals surface area contributed by atoms with Crippen LogP contribution in [0.25, 0.3) is 0 Å². The molecule has 0 amide bonds. The Bertz CT molecular complexity index is 589. The fraction of sp³-hybridized carbons (Fsp3) is 0.615. The van der Waals surface area contributed by atoms with Crippen LogP contribution in [0, 0.1) is 5.92 Å². The summed E-state index contributed by atoms with van der Waals surface area (Å²) in [5.74, 6) is -0.462. The van der Waals surface area contributed by atoms with E-state index in [0.29, 0.717) is 6.42 Å². The van der Waals surface area contributed by atoms with Crippen molar-refractivity contribution in [3.8, 4) is 0 Å². The first-order valence-electron chi connectivity index (χ1n) is 6.47. The van der Waals surface area contributed by atoms with Gasteiger partial charge in [-0.05, 0) is 30.7 Å². The lowest BCUT2D eigenvalue weighted by molar-refractivity contribution is 0.0437. The van der Waals surface area contributed by atoms with Crippen LogP contribution < -0.4 is 4.72 Å². The van der Waals surface area contributed by atoms with Gasteiger partial charge in [-0.1, -0.05) is 13.8 Å². The molecule has 0 saturated carbocycles. The van der Waals surface area contributed by atoms with E-state index in [4.69, 9.17) is 0 Å². The third kappa shape index (κ3) is 5.06. The van der Waals surface area contributed by atoms with Crippen molar-refractivity contribution in [2.45, 2.75) is 37.7 Å². The van der Waals surface area contributed by atoms with Gasteiger partial charge in [-0.25, -0.2) is 17.9 Å². The molecule has 6 nitrogen and oxygen atoms in total. The number of carbonyl (C=O) groups excluding carboxylic acids is 1. The first kappa shape index (κ1) is 18.1. The molecule has 1 rings (SSSR count). The SMILES string of the molecule is COC(=O)c1sccc1S(=O)(=O)NCC(C)(O)CC(C)C. The number of sulfonamides is 1. The van der Waals surface area contributed by atoms with Gasteiger partial charge >= 0.3 is 5.97 Å². The van der Waals surface area contributed by atoms with Crippen molar-refractivity contribution < 1.29 is 23.1 Å². The maximum atomic E-state index is 12.2. The molecule has 0 aromatic carbocycles. The molecule has 0 aliphatic carbocycles. The van der Waals surface area contributed by atoms with Crippen molar-refractivity contribution in [2.75, 3.05) is 13.7 Å². The monoisotopic (exact) mass is 335 g/mol. The fourth-order valence-electron chi connectivity index (χ4n) is 2.03. The molecule has 0 fully saturated rings. The molecule has 0 bridgehead atoms. The number of esters is 1. The van der Waals surface area contributed by atoms with Crippen LogP contribution in [0.15, 0.2) is 16.3 Å². The summed E-state index contributed by atoms with van der Waals surface area (Å²) in [5, 5.41) is 11.7. The molecule has 1 aromatic heterocycles. The third-order valence-corrected chi connectivity index (χ3v) is 5.25. The van der Waals surface area contributed by atoms with Crippen LogP contribution in [-0.2, 0) is 14.8 Å². The normalized spacial score (nSPS) is 15.0. The Labute approximate surface area is 129 Å². The zero-order chi connectivity index (χ0) is 16.3. The minimum atomic E-state index is -3.87. The number of carbonyl (C=O) groups is 1. The van der Waals surface area contributed by atoms with E-state index in [9.17, 15) is 18.3 Å². The summed E-state index contributed by atoms with van der Waals surface area (Å²) in [6.45, 7) is 5.34. The average molecular weight is 335 g/mol. The van der Waals surface area contributed by atoms with E-state index in [-0.39, 0.29) is 22.2 Å². The molecule has 2 N–H and O–H groups in total. The molecule has 0 saturated heterocycles. The minimum Gasteiger partial charge on any atom is -0.465 e. The van der Waals surface area contributed by atoms with E-state index in [1.54, 1.807) is 6.92 Å². The highest BCUT2D eigenvalue weighted by Gasteiger charge is 2.28. The second-order valence-corrected chi connectivity index (χ2v) is 8.18. The Balaban J connectivity index is 2.88. The molecule has 0 aliphatic rings. The topological polar surface area (TPSA) is 92.7 Å². The molecule has 1 unspecified atom stereocenters. The smallest absolute Gasteiger partial charge is 0.349 e. The van der Waals surface area contributed by atoms with Gasteiger partial charge in [0.2, 0.25) is 10.0 Å². The maximum absolute atomic E-state index is 12.2. The van der Waals surface area contributed by atoms with Crippen molar-refractivity contribution in [1.82, 2.24) is 4.72 Å². The number of hydrogen-bond donors (Lipinski definition) is 2. The summed E-state index contributed by atoms with van der Waals surface area (Å²) >= 11 is 0.997. The van der Waals surface area contributed by atoms with E-state index in [0.717, 1.165) is 11.3 Å². The van der Waals surface area contributed by atoms with Crippen molar-refractivity contribution in [3.63, 3.8) is 0 Å². The zero-order valence-corrected chi connectivity index (χ0v) is 14.2. The summed E-state index contributed by atoms with van der Waals surface area (Å²) in [6, 6.07) is 1.34. The molecule has 8 heteroatoms. The van der Waals surface area contributed by atoms with Gasteiger partial charge in [0.1, 0.15) is 9.77 Å². The number of ether oxygens (including phenoxy) is 1. The minimum absolute atomic E-state index is 0.0218. The van der Waals surface area contributed by atoms with Crippen molar-refractivity contribution in [2.24, 2.45) is 5.92 Å². The van der Waals surface area contributed by atoms with E-state index < -0.39 is 21.6 Å². The van der Waals surface area contributed by atoms with Crippen LogP contribution in [0.1, 0.15) is 36.9 Å². The third-order valence-electron chi connectivity index (χ3n) is 2.78. The molecule has 21 heavy (non-hydrogen) atoms. The lowest BCUT2D eigenvalue weighted by atomic mass is 9.95. The summed E-state index contributed by atoms with van der Waals surface area (Å²) in [4.78, 5) is 11.4. The summed E-state index contributed by atoms with van der Waals surface area (Å²) < 4.78 is 31.4. The van der Waals surface area contributed by atoms with Crippen LogP contribution in [0.4, 0.5) is 0 Å². The van der Waals surface area contributed by atoms with Gasteiger partial charge in [-0.15, -0.1) is 11.3 Å². The second kappa shape index (κ2) is 6.87. The summed E-state index contributed by atoms with van der Waals surface area (Å²) in [6.07, 6.45) is 0.461. The van der Waals surface area contributed by atoms with Crippen LogP contribution in [0.2, 0.25) is 0 Å². The summed E-state index contributed by atoms with van der Waals surface area (Å²) in [5.41, 5.74) is -1.15. The van der Waals surface area contributed by atoms with Crippen molar-refractivity contribution in [1.29, 1.82) is 0 Å². The fourth-order valence-corrected chi connectivity index (χ4v) is 4.53. The molecular weight excluding hydrogens is 314 g/mol. The maximum Gasteiger partial charge on any atom is 0.349 e. The van der Waals surface area contributed by atoms with Crippen molar-refractivity contribution in [3.05, 3.63) is 16.3 Å². The van der Waals surface area contributed by atoms with Crippen LogP contribution in [-0.4, -0.2) is 38.7 Å². The van der Waals surface area contributed by atoms with E-state index in [1.807, 2.05) is 13.8 Å². The average Bonchev–Trinajstić information content (AvgIpc) is 2.84. The van der Waals surface area contributed by atoms with E-state index >= 15 is 0 Å². The molecule has 1 heterocycles. The van der Waals surface area contributed by atoms with Crippen LogP contribution in [0.5, 0.6) is 0 Å². The largest absolute Gasteiger partial charge is 0.465 e. The number of methoxy groups -OCH3 is 1. The number of nitrogens with one attached hydrogen (secondary N) is 1. The van der Waals surface area contributed by atoms with Gasteiger partial charge in [0.05, 0.1) is 12.7 Å². The van der Waals surface area contributed by atoms with Crippen LogP contribution >= 0.6 is 11.3 Å². The molecular formula is C13H21NO5S2. The molecule has 120 valence electrons. The zero-order valence-electron chi connectivity index (χ0n) is 12.5. The van der Waals surface area contributed by atoms with Gasteiger partial charge < -0.3 is 9.84 Å². The second-order valence-electron chi connectivity index (χ2n) is 5.53. The quantitative estimate of drug-likeness (QED) is 0.739. The molecule has 0 spiro atoms. The van der Waals surface area contributed by atoms with E-state index in [2.05, 4.69) is 9.46 Å². The molecule has 1 atom stereocenters. The molecule has 0 aliphatic heterocycles. The molecule has 0 radical (unpaired) electrons. The lowest BCUT2D eigenvalue weighted by Crippen LogP contribution is -2.41. The Morgan fingerprint density at radius 1 is 1.52 bits per heavy atom. The highest BCUT2D eigenvalue weighted by Crippen LogP contribution is 2.23. The van der Waals surface area contributed by atoms with Crippen LogP contribution in [0.3, 0.4) is 0 Å². The van der Waals surface area contributed by atoms with Gasteiger partial charge in [0, 0.05) is 6.54 Å².